The number of nitrogens with one attached hydrogen (secondary N) is 1. The van der Waals surface area contributed by atoms with Gasteiger partial charge in [0.15, 0.2) is 0 Å². The Morgan fingerprint density at radius 3 is 2.61 bits per heavy atom. The molecule has 146 valence electrons. The van der Waals surface area contributed by atoms with E-state index in [2.05, 4.69) is 10.4 Å². The van der Waals surface area contributed by atoms with E-state index < -0.39 is 0 Å². The van der Waals surface area contributed by atoms with E-state index in [4.69, 9.17) is 0 Å². The fraction of sp³-hybridized carbons (Fsp3) is 0.429. The van der Waals surface area contributed by atoms with Crippen LogP contribution in [-0.2, 0) is 0 Å². The van der Waals surface area contributed by atoms with Gasteiger partial charge in [0.25, 0.3) is 5.91 Å². The minimum Gasteiger partial charge on any atom is -0.338 e. The van der Waals surface area contributed by atoms with Crippen molar-refractivity contribution in [2.45, 2.75) is 50.7 Å². The van der Waals surface area contributed by atoms with E-state index in [1.165, 1.54) is 36.3 Å². The number of aromatic nitrogens is 2. The minimum atomic E-state index is -0.275. The second-order valence-corrected chi connectivity index (χ2v) is 9.01. The third-order valence-corrected chi connectivity index (χ3v) is 7.24. The first kappa shape index (κ1) is 17.8. The number of carbonyl (C=O) groups excluding carboxylic acids is 1. The smallest absolute Gasteiger partial charge is 0.264 e. The lowest BCUT2D eigenvalue weighted by molar-refractivity contribution is 0.0686. The number of fused-ring (bicyclic) bond motifs is 3. The molecule has 2 unspecified atom stereocenters. The molecule has 1 amide bonds. The maximum absolute atomic E-state index is 13.3. The van der Waals surface area contributed by atoms with Gasteiger partial charge in [-0.15, -0.1) is 11.3 Å². The van der Waals surface area contributed by atoms with Crippen LogP contribution in [0.1, 0.15) is 41.0 Å². The average Bonchev–Trinajstić information content (AvgIpc) is 3.36. The van der Waals surface area contributed by atoms with E-state index in [1.54, 1.807) is 16.8 Å². The molecule has 2 fully saturated rings. The average molecular weight is 399 g/mol. The van der Waals surface area contributed by atoms with E-state index in [0.717, 1.165) is 39.3 Å². The first-order valence-electron chi connectivity index (χ1n) is 9.78. The molecule has 2 aliphatic rings. The third kappa shape index (κ3) is 2.93. The van der Waals surface area contributed by atoms with Gasteiger partial charge in [-0.3, -0.25) is 4.79 Å². The number of benzene rings is 1. The van der Waals surface area contributed by atoms with Gasteiger partial charge in [0.1, 0.15) is 10.6 Å². The Kier molecular flexibility index (Phi) is 4.25. The summed E-state index contributed by atoms with van der Waals surface area (Å²) in [6.07, 6.45) is 4.51. The number of nitrogens with zero attached hydrogens (tertiary/aromatic N) is 3. The molecule has 5 nitrogen and oxygen atoms in total. The molecule has 2 bridgehead atoms. The normalized spacial score (nSPS) is 24.0. The van der Waals surface area contributed by atoms with Gasteiger partial charge in [-0.2, -0.15) is 5.10 Å². The lowest BCUT2D eigenvalue weighted by Crippen LogP contribution is -2.48. The molecule has 0 saturated carbocycles. The molecule has 28 heavy (non-hydrogen) atoms. The molecule has 3 aromatic rings. The third-order valence-electron chi connectivity index (χ3n) is 6.14. The number of halogens is 1. The van der Waals surface area contributed by atoms with Gasteiger partial charge < -0.3 is 10.2 Å². The van der Waals surface area contributed by atoms with Gasteiger partial charge in [0, 0.05) is 30.6 Å². The van der Waals surface area contributed by atoms with E-state index in [9.17, 15) is 9.18 Å². The van der Waals surface area contributed by atoms with Crippen molar-refractivity contribution in [3.8, 4) is 5.69 Å². The molecule has 0 aliphatic carbocycles. The number of thiophene rings is 1. The maximum Gasteiger partial charge on any atom is 0.264 e. The number of aryl methyl sites for hydroxylation is 1. The fourth-order valence-corrected chi connectivity index (χ4v) is 5.76. The Balaban J connectivity index is 1.45. The largest absolute Gasteiger partial charge is 0.338 e. The summed E-state index contributed by atoms with van der Waals surface area (Å²) in [5.41, 5.74) is 1.67. The monoisotopic (exact) mass is 398 g/mol. The molecular weight excluding hydrogens is 375 g/mol. The summed E-state index contributed by atoms with van der Waals surface area (Å²) in [7, 11) is 1.93. The molecule has 7 heteroatoms. The molecule has 2 atom stereocenters. The van der Waals surface area contributed by atoms with E-state index in [-0.39, 0.29) is 11.7 Å². The van der Waals surface area contributed by atoms with E-state index in [1.807, 2.05) is 24.9 Å². The number of piperidine rings is 1. The SMILES string of the molecule is Cc1nn(-c2ccc(F)cc2)c2sc(C(=O)N(C)C3CC4CCC(C3)N4)cc12. The Bertz CT molecular complexity index is 1030. The molecule has 2 aliphatic heterocycles. The standard InChI is InChI=1S/C21H23FN4OS/c1-12-18-11-19(20(27)25(2)17-9-14-5-6-15(10-17)23-14)28-21(18)26(24-12)16-7-3-13(22)4-8-16/h3-4,7-8,11,14-15,17,23H,5-6,9-10H2,1-2H3. The summed E-state index contributed by atoms with van der Waals surface area (Å²) in [5, 5.41) is 9.20. The lowest BCUT2D eigenvalue weighted by Gasteiger charge is -2.35. The molecule has 1 aromatic carbocycles. The van der Waals surface area contributed by atoms with Crippen LogP contribution in [0.2, 0.25) is 0 Å². The van der Waals surface area contributed by atoms with Crippen molar-refractivity contribution >= 4 is 27.5 Å². The second-order valence-electron chi connectivity index (χ2n) is 7.98. The Hall–Kier alpha value is -2.25. The first-order valence-corrected chi connectivity index (χ1v) is 10.6. The van der Waals surface area contributed by atoms with Crippen LogP contribution in [0.3, 0.4) is 0 Å². The van der Waals surface area contributed by atoms with Gasteiger partial charge in [0.2, 0.25) is 0 Å². The van der Waals surface area contributed by atoms with Crippen molar-refractivity contribution in [3.63, 3.8) is 0 Å². The van der Waals surface area contributed by atoms with E-state index >= 15 is 0 Å². The van der Waals surface area contributed by atoms with Gasteiger partial charge in [-0.05, 0) is 62.9 Å². The summed E-state index contributed by atoms with van der Waals surface area (Å²) in [5.74, 6) is -0.193. The molecule has 2 saturated heterocycles. The zero-order valence-corrected chi connectivity index (χ0v) is 16.8. The molecular formula is C21H23FN4OS. The van der Waals surface area contributed by atoms with Crippen molar-refractivity contribution in [2.24, 2.45) is 0 Å². The van der Waals surface area contributed by atoms with Crippen LogP contribution in [0, 0.1) is 12.7 Å². The minimum absolute atomic E-state index is 0.0811. The topological polar surface area (TPSA) is 50.2 Å². The summed E-state index contributed by atoms with van der Waals surface area (Å²) >= 11 is 1.46. The van der Waals surface area contributed by atoms with Crippen molar-refractivity contribution < 1.29 is 9.18 Å². The molecule has 1 N–H and O–H groups in total. The Morgan fingerprint density at radius 1 is 1.25 bits per heavy atom. The zero-order valence-electron chi connectivity index (χ0n) is 16.0. The highest BCUT2D eigenvalue weighted by Crippen LogP contribution is 2.33. The fourth-order valence-electron chi connectivity index (χ4n) is 4.59. The quantitative estimate of drug-likeness (QED) is 0.728. The zero-order chi connectivity index (χ0) is 19.4. The van der Waals surface area contributed by atoms with Gasteiger partial charge >= 0.3 is 0 Å². The Morgan fingerprint density at radius 2 is 1.93 bits per heavy atom. The van der Waals surface area contributed by atoms with Crippen LogP contribution in [0.25, 0.3) is 15.9 Å². The van der Waals surface area contributed by atoms with Crippen LogP contribution in [0.5, 0.6) is 0 Å². The highest BCUT2D eigenvalue weighted by molar-refractivity contribution is 7.20. The van der Waals surface area contributed by atoms with Crippen molar-refractivity contribution in [3.05, 3.63) is 46.7 Å². The predicted molar refractivity (Wildman–Crippen MR) is 109 cm³/mol. The van der Waals surface area contributed by atoms with Crippen LogP contribution in [0.4, 0.5) is 4.39 Å². The molecule has 5 rings (SSSR count). The van der Waals surface area contributed by atoms with Crippen LogP contribution < -0.4 is 5.32 Å². The second kappa shape index (κ2) is 6.67. The van der Waals surface area contributed by atoms with Crippen LogP contribution in [0.15, 0.2) is 30.3 Å². The predicted octanol–water partition coefficient (Wildman–Crippen LogP) is 3.89. The van der Waals surface area contributed by atoms with Crippen molar-refractivity contribution in [2.75, 3.05) is 7.05 Å². The first-order chi connectivity index (χ1) is 13.5. The highest BCUT2D eigenvalue weighted by atomic mass is 32.1. The number of hydrogen-bond donors (Lipinski definition) is 1. The van der Waals surface area contributed by atoms with Crippen LogP contribution in [-0.4, -0.2) is 45.8 Å². The summed E-state index contributed by atoms with van der Waals surface area (Å²) < 4.78 is 15.1. The molecule has 4 heterocycles. The summed E-state index contributed by atoms with van der Waals surface area (Å²) in [6.45, 7) is 1.94. The maximum atomic E-state index is 13.3. The number of carbonyl (C=O) groups is 1. The van der Waals surface area contributed by atoms with E-state index in [0.29, 0.717) is 18.1 Å². The number of hydrogen-bond acceptors (Lipinski definition) is 4. The van der Waals surface area contributed by atoms with Gasteiger partial charge in [-0.1, -0.05) is 0 Å². The Labute approximate surface area is 167 Å². The molecule has 2 aromatic heterocycles. The van der Waals surface area contributed by atoms with Crippen LogP contribution >= 0.6 is 11.3 Å². The van der Waals surface area contributed by atoms with Crippen molar-refractivity contribution in [1.82, 2.24) is 20.0 Å². The summed E-state index contributed by atoms with van der Waals surface area (Å²) in [4.78, 5) is 16.8. The summed E-state index contributed by atoms with van der Waals surface area (Å²) in [6, 6.07) is 9.63. The van der Waals surface area contributed by atoms with Gasteiger partial charge in [-0.25, -0.2) is 9.07 Å². The highest BCUT2D eigenvalue weighted by Gasteiger charge is 2.36. The van der Waals surface area contributed by atoms with Gasteiger partial charge in [0.05, 0.1) is 16.3 Å². The molecule has 0 radical (unpaired) electrons. The molecule has 0 spiro atoms. The van der Waals surface area contributed by atoms with Crippen molar-refractivity contribution in [1.29, 1.82) is 0 Å². The lowest BCUT2D eigenvalue weighted by atomic mass is 9.98. The number of amides is 1. The number of rotatable bonds is 3.